The molecule has 1 aromatic carbocycles. The van der Waals surface area contributed by atoms with Crippen molar-refractivity contribution in [1.82, 2.24) is 0 Å². The molecule has 0 saturated carbocycles. The molecule has 0 saturated heterocycles. The first-order valence-corrected chi connectivity index (χ1v) is 5.81. The number of benzene rings is 1. The Morgan fingerprint density at radius 2 is 2.11 bits per heavy atom. The van der Waals surface area contributed by atoms with Crippen LogP contribution in [0.15, 0.2) is 30.3 Å². The van der Waals surface area contributed by atoms with Gasteiger partial charge in [-0.15, -0.1) is 0 Å². The van der Waals surface area contributed by atoms with E-state index in [2.05, 4.69) is 0 Å². The second kappa shape index (κ2) is 7.61. The Bertz CT molecular complexity index is 398. The molecule has 0 aliphatic carbocycles. The second-order valence-electron chi connectivity index (χ2n) is 3.95. The zero-order valence-electron chi connectivity index (χ0n) is 10.3. The number of ether oxygens (including phenoxy) is 1. The summed E-state index contributed by atoms with van der Waals surface area (Å²) in [6.07, 6.45) is 5.10. The third kappa shape index (κ3) is 5.10. The lowest BCUT2D eigenvalue weighted by Gasteiger charge is -2.08. The molecule has 1 rings (SSSR count). The van der Waals surface area contributed by atoms with Crippen LogP contribution in [0, 0.1) is 5.82 Å². The Morgan fingerprint density at radius 1 is 1.44 bits per heavy atom. The van der Waals surface area contributed by atoms with Crippen LogP contribution in [0.2, 0.25) is 0 Å². The molecule has 0 aromatic heterocycles. The average Bonchev–Trinajstić information content (AvgIpc) is 2.35. The number of halogens is 1. The quantitative estimate of drug-likeness (QED) is 0.758. The summed E-state index contributed by atoms with van der Waals surface area (Å²) in [6.45, 7) is 0. The SMILES string of the molecule is CO[C@H](CCC/C=C/c1ccc(F)cc1)C(=O)O. The fraction of sp³-hybridized carbons (Fsp3) is 0.357. The number of methoxy groups -OCH3 is 1. The van der Waals surface area contributed by atoms with Gasteiger partial charge in [-0.05, 0) is 37.0 Å². The van der Waals surface area contributed by atoms with Gasteiger partial charge in [0.15, 0.2) is 6.10 Å². The highest BCUT2D eigenvalue weighted by atomic mass is 19.1. The first-order valence-electron chi connectivity index (χ1n) is 5.81. The molecular formula is C14H17FO3. The van der Waals surface area contributed by atoms with Crippen molar-refractivity contribution in [3.05, 3.63) is 41.7 Å². The minimum absolute atomic E-state index is 0.253. The van der Waals surface area contributed by atoms with Gasteiger partial charge >= 0.3 is 5.97 Å². The van der Waals surface area contributed by atoms with E-state index in [0.29, 0.717) is 6.42 Å². The Morgan fingerprint density at radius 3 is 2.67 bits per heavy atom. The highest BCUT2D eigenvalue weighted by Crippen LogP contribution is 2.08. The maximum atomic E-state index is 12.6. The van der Waals surface area contributed by atoms with Crippen molar-refractivity contribution >= 4 is 12.0 Å². The van der Waals surface area contributed by atoms with Crippen molar-refractivity contribution in [3.8, 4) is 0 Å². The van der Waals surface area contributed by atoms with E-state index in [0.717, 1.165) is 18.4 Å². The van der Waals surface area contributed by atoms with Gasteiger partial charge in [-0.2, -0.15) is 0 Å². The van der Waals surface area contributed by atoms with Gasteiger partial charge in [0.25, 0.3) is 0 Å². The highest BCUT2D eigenvalue weighted by Gasteiger charge is 2.14. The first kappa shape index (κ1) is 14.4. The zero-order chi connectivity index (χ0) is 13.4. The predicted octanol–water partition coefficient (Wildman–Crippen LogP) is 3.11. The van der Waals surface area contributed by atoms with E-state index in [9.17, 15) is 9.18 Å². The third-order valence-corrected chi connectivity index (χ3v) is 2.58. The number of carboxylic acids is 1. The number of hydrogen-bond donors (Lipinski definition) is 1. The van der Waals surface area contributed by atoms with Crippen LogP contribution in [0.1, 0.15) is 24.8 Å². The van der Waals surface area contributed by atoms with Gasteiger partial charge in [0.1, 0.15) is 5.82 Å². The van der Waals surface area contributed by atoms with Crippen LogP contribution in [0.3, 0.4) is 0 Å². The Labute approximate surface area is 106 Å². The van der Waals surface area contributed by atoms with Gasteiger partial charge in [-0.1, -0.05) is 24.3 Å². The molecule has 0 radical (unpaired) electrons. The zero-order valence-corrected chi connectivity index (χ0v) is 10.3. The van der Waals surface area contributed by atoms with E-state index >= 15 is 0 Å². The summed E-state index contributed by atoms with van der Waals surface area (Å²) in [5.41, 5.74) is 0.929. The van der Waals surface area contributed by atoms with Crippen LogP contribution in [-0.4, -0.2) is 24.3 Å². The third-order valence-electron chi connectivity index (χ3n) is 2.58. The van der Waals surface area contributed by atoms with Gasteiger partial charge in [0.05, 0.1) is 0 Å². The number of hydrogen-bond acceptors (Lipinski definition) is 2. The first-order chi connectivity index (χ1) is 8.63. The average molecular weight is 252 g/mol. The fourth-order valence-corrected chi connectivity index (χ4v) is 1.56. The van der Waals surface area contributed by atoms with Crippen LogP contribution in [0.4, 0.5) is 4.39 Å². The number of allylic oxidation sites excluding steroid dienone is 1. The molecule has 0 spiro atoms. The molecule has 18 heavy (non-hydrogen) atoms. The lowest BCUT2D eigenvalue weighted by atomic mass is 10.1. The van der Waals surface area contributed by atoms with Gasteiger partial charge in [-0.25, -0.2) is 9.18 Å². The number of carbonyl (C=O) groups is 1. The van der Waals surface area contributed by atoms with Crippen LogP contribution in [-0.2, 0) is 9.53 Å². The molecule has 0 amide bonds. The molecule has 98 valence electrons. The van der Waals surface area contributed by atoms with Crippen LogP contribution >= 0.6 is 0 Å². The normalized spacial score (nSPS) is 12.8. The van der Waals surface area contributed by atoms with Gasteiger partial charge < -0.3 is 9.84 Å². The lowest BCUT2D eigenvalue weighted by molar-refractivity contribution is -0.148. The van der Waals surface area contributed by atoms with Crippen LogP contribution in [0.25, 0.3) is 6.08 Å². The molecule has 3 nitrogen and oxygen atoms in total. The summed E-state index contributed by atoms with van der Waals surface area (Å²) < 4.78 is 17.5. The topological polar surface area (TPSA) is 46.5 Å². The molecule has 0 heterocycles. The minimum Gasteiger partial charge on any atom is -0.479 e. The molecule has 0 unspecified atom stereocenters. The van der Waals surface area contributed by atoms with Crippen molar-refractivity contribution in [2.24, 2.45) is 0 Å². The Balaban J connectivity index is 2.29. The molecule has 0 bridgehead atoms. The van der Waals surface area contributed by atoms with Gasteiger partial charge in [0, 0.05) is 7.11 Å². The molecule has 1 N–H and O–H groups in total. The summed E-state index contributed by atoms with van der Waals surface area (Å²) in [6, 6.07) is 6.21. The molecule has 1 aromatic rings. The van der Waals surface area contributed by atoms with Gasteiger partial charge in [-0.3, -0.25) is 0 Å². The summed E-state index contributed by atoms with van der Waals surface area (Å²) in [5, 5.41) is 8.76. The molecule has 4 heteroatoms. The van der Waals surface area contributed by atoms with Crippen molar-refractivity contribution in [2.75, 3.05) is 7.11 Å². The van der Waals surface area contributed by atoms with E-state index in [1.54, 1.807) is 12.1 Å². The molecule has 1 atom stereocenters. The molecular weight excluding hydrogens is 235 g/mol. The smallest absolute Gasteiger partial charge is 0.332 e. The molecule has 0 fully saturated rings. The summed E-state index contributed by atoms with van der Waals surface area (Å²) in [7, 11) is 1.40. The van der Waals surface area contributed by atoms with Crippen LogP contribution in [0.5, 0.6) is 0 Å². The Kier molecular flexibility index (Phi) is 6.08. The van der Waals surface area contributed by atoms with E-state index < -0.39 is 12.1 Å². The minimum atomic E-state index is -0.931. The molecule has 0 aliphatic heterocycles. The van der Waals surface area contributed by atoms with Crippen molar-refractivity contribution in [1.29, 1.82) is 0 Å². The van der Waals surface area contributed by atoms with Crippen molar-refractivity contribution in [2.45, 2.75) is 25.4 Å². The number of carboxylic acid groups (broad SMARTS) is 1. The van der Waals surface area contributed by atoms with Gasteiger partial charge in [0.2, 0.25) is 0 Å². The Hall–Kier alpha value is -1.68. The number of aliphatic carboxylic acids is 1. The van der Waals surface area contributed by atoms with E-state index in [4.69, 9.17) is 9.84 Å². The maximum Gasteiger partial charge on any atom is 0.332 e. The van der Waals surface area contributed by atoms with Crippen LogP contribution < -0.4 is 0 Å². The predicted molar refractivity (Wildman–Crippen MR) is 67.7 cm³/mol. The van der Waals surface area contributed by atoms with E-state index in [-0.39, 0.29) is 5.82 Å². The lowest BCUT2D eigenvalue weighted by Crippen LogP contribution is -2.21. The standard InChI is InChI=1S/C14H17FO3/c1-18-13(14(16)17)6-4-2-3-5-11-7-9-12(15)10-8-11/h3,5,7-10,13H,2,4,6H2,1H3,(H,16,17)/b5-3+/t13-/m1/s1. The maximum absolute atomic E-state index is 12.6. The summed E-state index contributed by atoms with van der Waals surface area (Å²) >= 11 is 0. The summed E-state index contributed by atoms with van der Waals surface area (Å²) in [5.74, 6) is -1.18. The number of unbranched alkanes of at least 4 members (excludes halogenated alkanes) is 1. The summed E-state index contributed by atoms with van der Waals surface area (Å²) in [4.78, 5) is 10.7. The van der Waals surface area contributed by atoms with E-state index in [1.807, 2.05) is 12.2 Å². The molecule has 0 aliphatic rings. The highest BCUT2D eigenvalue weighted by molar-refractivity contribution is 5.72. The largest absolute Gasteiger partial charge is 0.479 e. The van der Waals surface area contributed by atoms with E-state index in [1.165, 1.54) is 19.2 Å². The second-order valence-corrected chi connectivity index (χ2v) is 3.95. The van der Waals surface area contributed by atoms with Crippen molar-refractivity contribution < 1.29 is 19.0 Å². The monoisotopic (exact) mass is 252 g/mol. The number of rotatable bonds is 7. The fourth-order valence-electron chi connectivity index (χ4n) is 1.56. The van der Waals surface area contributed by atoms with Crippen molar-refractivity contribution in [3.63, 3.8) is 0 Å².